The summed E-state index contributed by atoms with van der Waals surface area (Å²) in [6.07, 6.45) is 3.40. The van der Waals surface area contributed by atoms with Crippen molar-refractivity contribution < 1.29 is 19.1 Å². The van der Waals surface area contributed by atoms with E-state index in [1.165, 1.54) is 7.11 Å². The molecule has 5 heteroatoms. The Morgan fingerprint density at radius 1 is 1.37 bits per heavy atom. The number of carbonyl (C=O) groups excluding carboxylic acids is 2. The zero-order chi connectivity index (χ0) is 13.8. The topological polar surface area (TPSA) is 55.8 Å². The van der Waals surface area contributed by atoms with Crippen LogP contribution in [0.15, 0.2) is 0 Å². The predicted molar refractivity (Wildman–Crippen MR) is 69.5 cm³/mol. The molecule has 3 atom stereocenters. The number of rotatable bonds is 3. The van der Waals surface area contributed by atoms with Crippen molar-refractivity contribution in [3.63, 3.8) is 0 Å². The molecule has 2 aliphatic heterocycles. The Kier molecular flexibility index (Phi) is 4.80. The third-order valence-electron chi connectivity index (χ3n) is 4.20. The van der Waals surface area contributed by atoms with Crippen LogP contribution in [-0.2, 0) is 19.1 Å². The van der Waals surface area contributed by atoms with Crippen LogP contribution in [0.4, 0.5) is 0 Å². The third-order valence-corrected chi connectivity index (χ3v) is 4.20. The third kappa shape index (κ3) is 3.08. The van der Waals surface area contributed by atoms with Gasteiger partial charge >= 0.3 is 5.97 Å². The zero-order valence-corrected chi connectivity index (χ0v) is 11.8. The van der Waals surface area contributed by atoms with E-state index in [0.29, 0.717) is 13.2 Å². The van der Waals surface area contributed by atoms with Crippen molar-refractivity contribution in [1.29, 1.82) is 0 Å². The lowest BCUT2D eigenvalue weighted by atomic mass is 9.93. The van der Waals surface area contributed by atoms with Gasteiger partial charge in [-0.05, 0) is 25.7 Å². The molecule has 5 nitrogen and oxygen atoms in total. The quantitative estimate of drug-likeness (QED) is 0.723. The number of likely N-dealkylation sites (tertiary alicyclic amines) is 1. The normalized spacial score (nSPS) is 31.3. The van der Waals surface area contributed by atoms with Gasteiger partial charge in [0.25, 0.3) is 0 Å². The average molecular weight is 269 g/mol. The van der Waals surface area contributed by atoms with Gasteiger partial charge in [0, 0.05) is 19.7 Å². The van der Waals surface area contributed by atoms with Crippen molar-refractivity contribution in [2.45, 2.75) is 38.7 Å². The second-order valence-corrected chi connectivity index (χ2v) is 5.36. The first kappa shape index (κ1) is 14.3. The number of hydrogen-bond donors (Lipinski definition) is 0. The summed E-state index contributed by atoms with van der Waals surface area (Å²) in [6.45, 7) is 3.96. The van der Waals surface area contributed by atoms with E-state index >= 15 is 0 Å². The lowest BCUT2D eigenvalue weighted by molar-refractivity contribution is -0.150. The van der Waals surface area contributed by atoms with Gasteiger partial charge in [-0.3, -0.25) is 9.59 Å². The molecule has 0 saturated carbocycles. The summed E-state index contributed by atoms with van der Waals surface area (Å²) in [6, 6.07) is 0. The minimum Gasteiger partial charge on any atom is -0.469 e. The molecule has 0 aromatic heterocycles. The molecular weight excluding hydrogens is 246 g/mol. The van der Waals surface area contributed by atoms with Crippen LogP contribution < -0.4 is 0 Å². The van der Waals surface area contributed by atoms with Gasteiger partial charge in [-0.1, -0.05) is 6.92 Å². The largest absolute Gasteiger partial charge is 0.469 e. The molecule has 2 saturated heterocycles. The SMILES string of the molecule is CCC1OCCC1C(=O)N1CCCC(C(=O)OC)C1. The molecular formula is C14H23NO4. The van der Waals surface area contributed by atoms with Crippen LogP contribution in [0.3, 0.4) is 0 Å². The molecule has 108 valence electrons. The summed E-state index contributed by atoms with van der Waals surface area (Å²) in [7, 11) is 1.40. The lowest BCUT2D eigenvalue weighted by Gasteiger charge is -2.33. The summed E-state index contributed by atoms with van der Waals surface area (Å²) in [5.41, 5.74) is 0. The number of nitrogens with zero attached hydrogens (tertiary/aromatic N) is 1. The lowest BCUT2D eigenvalue weighted by Crippen LogP contribution is -2.46. The Hall–Kier alpha value is -1.10. The standard InChI is InChI=1S/C14H23NO4/c1-3-12-11(6-8-19-12)13(16)15-7-4-5-10(9-15)14(17)18-2/h10-12H,3-9H2,1-2H3. The van der Waals surface area contributed by atoms with E-state index in [2.05, 4.69) is 0 Å². The van der Waals surface area contributed by atoms with Crippen molar-refractivity contribution in [3.8, 4) is 0 Å². The molecule has 0 N–H and O–H groups in total. The van der Waals surface area contributed by atoms with E-state index in [9.17, 15) is 9.59 Å². The van der Waals surface area contributed by atoms with Crippen molar-refractivity contribution in [2.75, 3.05) is 26.8 Å². The van der Waals surface area contributed by atoms with E-state index in [4.69, 9.17) is 9.47 Å². The number of ether oxygens (including phenoxy) is 2. The molecule has 0 spiro atoms. The van der Waals surface area contributed by atoms with E-state index in [1.807, 2.05) is 11.8 Å². The highest BCUT2D eigenvalue weighted by Crippen LogP contribution is 2.27. The molecule has 2 rings (SSSR count). The van der Waals surface area contributed by atoms with Gasteiger partial charge in [0.2, 0.25) is 5.91 Å². The van der Waals surface area contributed by atoms with Crippen LogP contribution in [0, 0.1) is 11.8 Å². The Labute approximate surface area is 114 Å². The molecule has 2 fully saturated rings. The van der Waals surface area contributed by atoms with Crippen LogP contribution in [0.2, 0.25) is 0 Å². The predicted octanol–water partition coefficient (Wildman–Crippen LogP) is 1.21. The number of esters is 1. The van der Waals surface area contributed by atoms with Crippen molar-refractivity contribution in [2.24, 2.45) is 11.8 Å². The smallest absolute Gasteiger partial charge is 0.310 e. The number of carbonyl (C=O) groups is 2. The van der Waals surface area contributed by atoms with E-state index in [1.54, 1.807) is 0 Å². The number of piperidine rings is 1. The van der Waals surface area contributed by atoms with Crippen LogP contribution >= 0.6 is 0 Å². The molecule has 2 heterocycles. The van der Waals surface area contributed by atoms with E-state index in [-0.39, 0.29) is 29.8 Å². The molecule has 3 unspecified atom stereocenters. The maximum absolute atomic E-state index is 12.5. The Balaban J connectivity index is 1.97. The van der Waals surface area contributed by atoms with Crippen molar-refractivity contribution in [1.82, 2.24) is 4.90 Å². The highest BCUT2D eigenvalue weighted by Gasteiger charge is 2.38. The van der Waals surface area contributed by atoms with Gasteiger partial charge in [-0.25, -0.2) is 0 Å². The monoisotopic (exact) mass is 269 g/mol. The Bertz CT molecular complexity index is 344. The fourth-order valence-electron chi connectivity index (χ4n) is 3.10. The van der Waals surface area contributed by atoms with Gasteiger partial charge in [-0.15, -0.1) is 0 Å². The molecule has 0 bridgehead atoms. The maximum atomic E-state index is 12.5. The van der Waals surface area contributed by atoms with Crippen molar-refractivity contribution >= 4 is 11.9 Å². The maximum Gasteiger partial charge on any atom is 0.310 e. The summed E-state index contributed by atoms with van der Waals surface area (Å²) in [5.74, 6) is -0.239. The summed E-state index contributed by atoms with van der Waals surface area (Å²) in [4.78, 5) is 25.9. The fraction of sp³-hybridized carbons (Fsp3) is 0.857. The first-order chi connectivity index (χ1) is 9.17. The molecule has 0 aliphatic carbocycles. The average Bonchev–Trinajstić information content (AvgIpc) is 2.94. The van der Waals surface area contributed by atoms with Gasteiger partial charge in [-0.2, -0.15) is 0 Å². The minimum atomic E-state index is -0.202. The van der Waals surface area contributed by atoms with Crippen LogP contribution in [0.25, 0.3) is 0 Å². The van der Waals surface area contributed by atoms with E-state index in [0.717, 1.165) is 32.2 Å². The molecule has 0 aromatic rings. The van der Waals surface area contributed by atoms with Gasteiger partial charge < -0.3 is 14.4 Å². The summed E-state index contributed by atoms with van der Waals surface area (Å²) >= 11 is 0. The molecule has 0 radical (unpaired) electrons. The summed E-state index contributed by atoms with van der Waals surface area (Å²) < 4.78 is 10.4. The highest BCUT2D eigenvalue weighted by atomic mass is 16.5. The van der Waals surface area contributed by atoms with Gasteiger partial charge in [0.1, 0.15) is 0 Å². The van der Waals surface area contributed by atoms with E-state index < -0.39 is 0 Å². The molecule has 0 aromatic carbocycles. The zero-order valence-electron chi connectivity index (χ0n) is 11.8. The minimum absolute atomic E-state index is 0.0265. The van der Waals surface area contributed by atoms with Crippen LogP contribution in [-0.4, -0.2) is 49.7 Å². The molecule has 1 amide bonds. The Morgan fingerprint density at radius 3 is 2.84 bits per heavy atom. The second-order valence-electron chi connectivity index (χ2n) is 5.36. The first-order valence-electron chi connectivity index (χ1n) is 7.15. The summed E-state index contributed by atoms with van der Waals surface area (Å²) in [5, 5.41) is 0. The number of amides is 1. The van der Waals surface area contributed by atoms with Gasteiger partial charge in [0.05, 0.1) is 25.0 Å². The van der Waals surface area contributed by atoms with Crippen LogP contribution in [0.1, 0.15) is 32.6 Å². The molecule has 2 aliphatic rings. The molecule has 19 heavy (non-hydrogen) atoms. The van der Waals surface area contributed by atoms with Crippen molar-refractivity contribution in [3.05, 3.63) is 0 Å². The first-order valence-corrected chi connectivity index (χ1v) is 7.15. The fourth-order valence-corrected chi connectivity index (χ4v) is 3.10. The highest BCUT2D eigenvalue weighted by molar-refractivity contribution is 5.81. The number of methoxy groups -OCH3 is 1. The second kappa shape index (κ2) is 6.37. The Morgan fingerprint density at radius 2 is 2.16 bits per heavy atom. The number of hydrogen-bond acceptors (Lipinski definition) is 4. The van der Waals surface area contributed by atoms with Gasteiger partial charge in [0.15, 0.2) is 0 Å². The van der Waals surface area contributed by atoms with Crippen LogP contribution in [0.5, 0.6) is 0 Å².